The zero-order valence-electron chi connectivity index (χ0n) is 11.0. The summed E-state index contributed by atoms with van der Waals surface area (Å²) in [4.78, 5) is 8.11. The van der Waals surface area contributed by atoms with Crippen LogP contribution in [-0.2, 0) is 0 Å². The predicted molar refractivity (Wildman–Crippen MR) is 79.0 cm³/mol. The molecule has 1 fully saturated rings. The Hall–Kier alpha value is -1.26. The number of hydrogen-bond donors (Lipinski definition) is 0. The van der Waals surface area contributed by atoms with Crippen molar-refractivity contribution in [2.75, 3.05) is 7.11 Å². The highest BCUT2D eigenvalue weighted by atomic mass is 35.5. The van der Waals surface area contributed by atoms with Crippen molar-refractivity contribution in [3.8, 4) is 11.5 Å². The first-order chi connectivity index (χ1) is 9.67. The number of halogens is 2. The van der Waals surface area contributed by atoms with Gasteiger partial charge in [0, 0.05) is 11.5 Å². The molecule has 0 aliphatic heterocycles. The second-order valence-electron chi connectivity index (χ2n) is 4.83. The van der Waals surface area contributed by atoms with Gasteiger partial charge in [0.1, 0.15) is 5.15 Å². The van der Waals surface area contributed by atoms with Crippen LogP contribution in [-0.4, -0.2) is 23.2 Å². The van der Waals surface area contributed by atoms with Gasteiger partial charge in [0.05, 0.1) is 18.7 Å². The Labute approximate surface area is 127 Å². The Morgan fingerprint density at radius 2 is 1.85 bits per heavy atom. The highest BCUT2D eigenvalue weighted by Gasteiger charge is 2.19. The molecular formula is C14H14Cl2N2O2. The van der Waals surface area contributed by atoms with Crippen LogP contribution in [0.2, 0.25) is 10.4 Å². The second-order valence-corrected chi connectivity index (χ2v) is 5.52. The lowest BCUT2D eigenvalue weighted by molar-refractivity contribution is 0.201. The van der Waals surface area contributed by atoms with Gasteiger partial charge >= 0.3 is 0 Å². The predicted octanol–water partition coefficient (Wildman–Crippen LogP) is 4.27. The molecule has 0 amide bonds. The Morgan fingerprint density at radius 3 is 2.55 bits per heavy atom. The number of rotatable bonds is 3. The van der Waals surface area contributed by atoms with E-state index in [1.807, 2.05) is 6.07 Å². The molecule has 0 N–H and O–H groups in total. The summed E-state index contributed by atoms with van der Waals surface area (Å²) in [5.74, 6) is 1.31. The summed E-state index contributed by atoms with van der Waals surface area (Å²) in [6.45, 7) is 0. The molecule has 4 nitrogen and oxygen atoms in total. The van der Waals surface area contributed by atoms with Gasteiger partial charge in [0.25, 0.3) is 0 Å². The molecule has 0 saturated heterocycles. The first-order valence-corrected chi connectivity index (χ1v) is 7.30. The molecule has 0 spiro atoms. The Bertz CT molecular complexity index is 643. The zero-order chi connectivity index (χ0) is 14.1. The Morgan fingerprint density at radius 1 is 1.10 bits per heavy atom. The largest absolute Gasteiger partial charge is 0.493 e. The van der Waals surface area contributed by atoms with Crippen LogP contribution in [0.4, 0.5) is 0 Å². The van der Waals surface area contributed by atoms with Crippen molar-refractivity contribution in [3.63, 3.8) is 0 Å². The van der Waals surface area contributed by atoms with Crippen LogP contribution in [0.25, 0.3) is 10.9 Å². The molecule has 1 saturated carbocycles. The zero-order valence-corrected chi connectivity index (χ0v) is 12.5. The third-order valence-electron chi connectivity index (χ3n) is 3.50. The molecule has 0 unspecified atom stereocenters. The van der Waals surface area contributed by atoms with Gasteiger partial charge < -0.3 is 9.47 Å². The van der Waals surface area contributed by atoms with Gasteiger partial charge in [-0.05, 0) is 43.4 Å². The molecule has 1 heterocycles. The molecule has 3 rings (SSSR count). The molecule has 2 aromatic rings. The molecule has 1 aliphatic rings. The lowest BCUT2D eigenvalue weighted by Gasteiger charge is -2.16. The molecule has 1 aromatic carbocycles. The summed E-state index contributed by atoms with van der Waals surface area (Å²) in [6, 6.07) is 3.60. The number of fused-ring (bicyclic) bond motifs is 1. The van der Waals surface area contributed by atoms with Crippen LogP contribution in [0.15, 0.2) is 12.1 Å². The maximum absolute atomic E-state index is 6.11. The molecule has 20 heavy (non-hydrogen) atoms. The van der Waals surface area contributed by atoms with Gasteiger partial charge in [0.2, 0.25) is 5.28 Å². The minimum atomic E-state index is 0.119. The summed E-state index contributed by atoms with van der Waals surface area (Å²) in [5, 5.41) is 1.15. The molecular weight excluding hydrogens is 299 g/mol. The van der Waals surface area contributed by atoms with Gasteiger partial charge in [0.15, 0.2) is 11.5 Å². The molecule has 6 heteroatoms. The summed E-state index contributed by atoms with van der Waals surface area (Å²) in [7, 11) is 1.60. The SMILES string of the molecule is COc1cc2nc(Cl)nc(Cl)c2cc1OC1CCCC1. The monoisotopic (exact) mass is 312 g/mol. The molecule has 0 bridgehead atoms. The average molecular weight is 313 g/mol. The smallest absolute Gasteiger partial charge is 0.224 e. The lowest BCUT2D eigenvalue weighted by Crippen LogP contribution is -2.11. The van der Waals surface area contributed by atoms with Crippen LogP contribution in [0.3, 0.4) is 0 Å². The summed E-state index contributed by atoms with van der Waals surface area (Å²) < 4.78 is 11.4. The number of aromatic nitrogens is 2. The van der Waals surface area contributed by atoms with Crippen molar-refractivity contribution < 1.29 is 9.47 Å². The number of methoxy groups -OCH3 is 1. The maximum atomic E-state index is 6.11. The maximum Gasteiger partial charge on any atom is 0.224 e. The molecule has 1 aliphatic carbocycles. The van der Waals surface area contributed by atoms with E-state index in [-0.39, 0.29) is 11.4 Å². The third-order valence-corrected chi connectivity index (χ3v) is 3.96. The first kappa shape index (κ1) is 13.7. The topological polar surface area (TPSA) is 44.2 Å². The van der Waals surface area contributed by atoms with Crippen LogP contribution in [0, 0.1) is 0 Å². The van der Waals surface area contributed by atoms with Gasteiger partial charge in [-0.3, -0.25) is 0 Å². The normalized spacial score (nSPS) is 15.8. The fourth-order valence-electron chi connectivity index (χ4n) is 2.51. The summed E-state index contributed by atoms with van der Waals surface area (Å²) in [5.41, 5.74) is 0.644. The Balaban J connectivity index is 2.05. The van der Waals surface area contributed by atoms with E-state index in [1.54, 1.807) is 13.2 Å². The summed E-state index contributed by atoms with van der Waals surface area (Å²) in [6.07, 6.45) is 4.81. The Kier molecular flexibility index (Phi) is 3.85. The number of hydrogen-bond acceptors (Lipinski definition) is 4. The lowest BCUT2D eigenvalue weighted by atomic mass is 10.2. The van der Waals surface area contributed by atoms with Crippen LogP contribution in [0.5, 0.6) is 11.5 Å². The van der Waals surface area contributed by atoms with Crippen molar-refractivity contribution in [3.05, 3.63) is 22.6 Å². The van der Waals surface area contributed by atoms with Gasteiger partial charge in [-0.2, -0.15) is 0 Å². The van der Waals surface area contributed by atoms with E-state index in [1.165, 1.54) is 12.8 Å². The third kappa shape index (κ3) is 2.63. The van der Waals surface area contributed by atoms with Crippen molar-refractivity contribution in [1.82, 2.24) is 9.97 Å². The standard InChI is InChI=1S/C14H14Cl2N2O2/c1-19-11-7-10-9(13(15)18-14(16)17-10)6-12(11)20-8-4-2-3-5-8/h6-8H,2-5H2,1H3. The van der Waals surface area contributed by atoms with E-state index >= 15 is 0 Å². The average Bonchev–Trinajstić information content (AvgIpc) is 2.91. The van der Waals surface area contributed by atoms with Crippen LogP contribution < -0.4 is 9.47 Å². The van der Waals surface area contributed by atoms with Crippen molar-refractivity contribution in [2.45, 2.75) is 31.8 Å². The molecule has 0 atom stereocenters. The fourth-order valence-corrected chi connectivity index (χ4v) is 2.96. The van der Waals surface area contributed by atoms with E-state index < -0.39 is 0 Å². The summed E-state index contributed by atoms with van der Waals surface area (Å²) >= 11 is 11.9. The minimum absolute atomic E-state index is 0.119. The second kappa shape index (κ2) is 5.62. The van der Waals surface area contributed by atoms with Gasteiger partial charge in [-0.15, -0.1) is 0 Å². The van der Waals surface area contributed by atoms with Gasteiger partial charge in [-0.1, -0.05) is 11.6 Å². The fraction of sp³-hybridized carbons (Fsp3) is 0.429. The van der Waals surface area contributed by atoms with Crippen molar-refractivity contribution >= 4 is 34.1 Å². The van der Waals surface area contributed by atoms with Crippen molar-refractivity contribution in [1.29, 1.82) is 0 Å². The molecule has 1 aromatic heterocycles. The minimum Gasteiger partial charge on any atom is -0.493 e. The first-order valence-electron chi connectivity index (χ1n) is 6.55. The molecule has 106 valence electrons. The van der Waals surface area contributed by atoms with E-state index in [0.29, 0.717) is 27.6 Å². The van der Waals surface area contributed by atoms with E-state index in [4.69, 9.17) is 32.7 Å². The van der Waals surface area contributed by atoms with E-state index in [9.17, 15) is 0 Å². The van der Waals surface area contributed by atoms with Crippen LogP contribution >= 0.6 is 23.2 Å². The van der Waals surface area contributed by atoms with E-state index in [0.717, 1.165) is 12.8 Å². The number of nitrogens with zero attached hydrogens (tertiary/aromatic N) is 2. The quantitative estimate of drug-likeness (QED) is 0.627. The highest BCUT2D eigenvalue weighted by Crippen LogP contribution is 2.36. The van der Waals surface area contributed by atoms with Crippen molar-refractivity contribution in [2.24, 2.45) is 0 Å². The highest BCUT2D eigenvalue weighted by molar-refractivity contribution is 6.35. The van der Waals surface area contributed by atoms with Gasteiger partial charge in [-0.25, -0.2) is 9.97 Å². The number of ether oxygens (including phenoxy) is 2. The molecule has 0 radical (unpaired) electrons. The van der Waals surface area contributed by atoms with E-state index in [2.05, 4.69) is 9.97 Å². The van der Waals surface area contributed by atoms with Crippen LogP contribution in [0.1, 0.15) is 25.7 Å². The number of benzene rings is 1.